The van der Waals surface area contributed by atoms with E-state index in [1.807, 2.05) is 0 Å². The maximum Gasteiger partial charge on any atom is 0.133 e. The number of carbonyl (C=O) groups is 1. The van der Waals surface area contributed by atoms with Crippen LogP contribution in [0, 0.1) is 34.5 Å². The number of Topliss-reactive ketones (excluding diaryl/α,β-unsaturated/α-hetero) is 1. The van der Waals surface area contributed by atoms with Gasteiger partial charge in [-0.1, -0.05) is 13.8 Å². The molecule has 0 aliphatic heterocycles. The van der Waals surface area contributed by atoms with Gasteiger partial charge in [-0.2, -0.15) is 0 Å². The van der Waals surface area contributed by atoms with Gasteiger partial charge in [-0.25, -0.2) is 0 Å². The maximum atomic E-state index is 12.1. The molecule has 4 aliphatic carbocycles. The third kappa shape index (κ3) is 1.97. The SMILES string of the molecule is C[C@]12CC[C@H]3[C@@H]([C@H](O)C[C@H]4CC[C@H](O)C[C@@]43C)[C@@H]1CC(=O)C2. The lowest BCUT2D eigenvalue weighted by Crippen LogP contribution is -2.58. The topological polar surface area (TPSA) is 57.5 Å². The number of hydrogen-bond donors (Lipinski definition) is 2. The van der Waals surface area contributed by atoms with Crippen molar-refractivity contribution in [3.05, 3.63) is 0 Å². The van der Waals surface area contributed by atoms with Crippen LogP contribution in [0.4, 0.5) is 0 Å². The molecule has 0 radical (unpaired) electrons. The first-order valence-corrected chi connectivity index (χ1v) is 9.21. The molecule has 22 heavy (non-hydrogen) atoms. The number of aliphatic hydroxyl groups is 2. The van der Waals surface area contributed by atoms with Gasteiger partial charge in [0, 0.05) is 12.8 Å². The highest BCUT2D eigenvalue weighted by molar-refractivity contribution is 5.82. The van der Waals surface area contributed by atoms with E-state index in [9.17, 15) is 15.0 Å². The van der Waals surface area contributed by atoms with Gasteiger partial charge in [0.15, 0.2) is 0 Å². The van der Waals surface area contributed by atoms with Crippen molar-refractivity contribution >= 4 is 5.78 Å². The average Bonchev–Trinajstić information content (AvgIpc) is 2.74. The van der Waals surface area contributed by atoms with Crippen LogP contribution in [0.3, 0.4) is 0 Å². The van der Waals surface area contributed by atoms with Crippen molar-refractivity contribution in [3.63, 3.8) is 0 Å². The molecule has 0 saturated heterocycles. The Morgan fingerprint density at radius 3 is 2.64 bits per heavy atom. The van der Waals surface area contributed by atoms with Crippen molar-refractivity contribution in [2.45, 2.75) is 77.4 Å². The lowest BCUT2D eigenvalue weighted by Gasteiger charge is -2.61. The van der Waals surface area contributed by atoms with Gasteiger partial charge >= 0.3 is 0 Å². The summed E-state index contributed by atoms with van der Waals surface area (Å²) in [6, 6.07) is 0. The first kappa shape index (κ1) is 15.1. The lowest BCUT2D eigenvalue weighted by atomic mass is 9.44. The van der Waals surface area contributed by atoms with Crippen LogP contribution in [0.25, 0.3) is 0 Å². The molecule has 0 bridgehead atoms. The second-order valence-corrected chi connectivity index (χ2v) is 9.34. The second-order valence-electron chi connectivity index (χ2n) is 9.34. The summed E-state index contributed by atoms with van der Waals surface area (Å²) in [5.74, 6) is 2.08. The number of aliphatic hydroxyl groups excluding tert-OH is 2. The zero-order chi connectivity index (χ0) is 15.7. The first-order valence-electron chi connectivity index (χ1n) is 9.21. The van der Waals surface area contributed by atoms with Crippen LogP contribution in [0.5, 0.6) is 0 Å². The minimum absolute atomic E-state index is 0.121. The molecule has 0 spiro atoms. The number of fused-ring (bicyclic) bond motifs is 5. The molecule has 0 amide bonds. The molecule has 3 nitrogen and oxygen atoms in total. The van der Waals surface area contributed by atoms with Gasteiger partial charge in [0.2, 0.25) is 0 Å². The van der Waals surface area contributed by atoms with Crippen LogP contribution in [-0.4, -0.2) is 28.2 Å². The van der Waals surface area contributed by atoms with E-state index in [4.69, 9.17) is 0 Å². The average molecular weight is 306 g/mol. The van der Waals surface area contributed by atoms with Crippen molar-refractivity contribution < 1.29 is 15.0 Å². The Morgan fingerprint density at radius 1 is 1.09 bits per heavy atom. The van der Waals surface area contributed by atoms with Crippen LogP contribution in [0.15, 0.2) is 0 Å². The van der Waals surface area contributed by atoms with E-state index in [1.165, 1.54) is 0 Å². The molecule has 0 unspecified atom stereocenters. The Morgan fingerprint density at radius 2 is 1.86 bits per heavy atom. The fourth-order valence-corrected chi connectivity index (χ4v) is 7.07. The summed E-state index contributed by atoms with van der Waals surface area (Å²) in [7, 11) is 0. The van der Waals surface area contributed by atoms with Crippen LogP contribution >= 0.6 is 0 Å². The van der Waals surface area contributed by atoms with E-state index >= 15 is 0 Å². The molecule has 0 aromatic rings. The molecule has 0 heterocycles. The monoisotopic (exact) mass is 306 g/mol. The smallest absolute Gasteiger partial charge is 0.133 e. The molecule has 3 heteroatoms. The molecular formula is C19H30O3. The molecule has 4 fully saturated rings. The van der Waals surface area contributed by atoms with Crippen molar-refractivity contribution in [2.24, 2.45) is 34.5 Å². The standard InChI is InChI=1S/C19H30O3/c1-18-6-5-14-17(15(18)8-13(21)9-18)16(22)7-11-3-4-12(20)10-19(11,14)2/h11-12,14-17,20,22H,3-10H2,1-2H3/t11-,12+,14+,15+,16-,17-,18-,19+/m1/s1. The summed E-state index contributed by atoms with van der Waals surface area (Å²) in [5, 5.41) is 21.1. The molecule has 4 aliphatic rings. The fourth-order valence-electron chi connectivity index (χ4n) is 7.07. The van der Waals surface area contributed by atoms with Crippen LogP contribution < -0.4 is 0 Å². The summed E-state index contributed by atoms with van der Waals surface area (Å²) < 4.78 is 0. The quantitative estimate of drug-likeness (QED) is 0.723. The third-order valence-electron chi connectivity index (χ3n) is 8.17. The second kappa shape index (κ2) is 4.80. The van der Waals surface area contributed by atoms with E-state index < -0.39 is 0 Å². The van der Waals surface area contributed by atoms with Gasteiger partial charge in [0.25, 0.3) is 0 Å². The Bertz CT molecular complexity index is 489. The van der Waals surface area contributed by atoms with E-state index in [0.717, 1.165) is 44.9 Å². The number of carbonyl (C=O) groups excluding carboxylic acids is 1. The van der Waals surface area contributed by atoms with Gasteiger partial charge in [-0.05, 0) is 73.0 Å². The van der Waals surface area contributed by atoms with Crippen LogP contribution in [0.2, 0.25) is 0 Å². The van der Waals surface area contributed by atoms with E-state index in [2.05, 4.69) is 13.8 Å². The Hall–Kier alpha value is -0.410. The highest BCUT2D eigenvalue weighted by Crippen LogP contribution is 2.65. The van der Waals surface area contributed by atoms with E-state index in [-0.39, 0.29) is 29.0 Å². The summed E-state index contributed by atoms with van der Waals surface area (Å²) >= 11 is 0. The summed E-state index contributed by atoms with van der Waals surface area (Å²) in [6.07, 6.45) is 6.95. The summed E-state index contributed by atoms with van der Waals surface area (Å²) in [4.78, 5) is 12.1. The Kier molecular flexibility index (Phi) is 3.30. The molecule has 2 N–H and O–H groups in total. The van der Waals surface area contributed by atoms with Crippen molar-refractivity contribution in [3.8, 4) is 0 Å². The number of hydrogen-bond acceptors (Lipinski definition) is 3. The zero-order valence-electron chi connectivity index (χ0n) is 13.9. The molecule has 124 valence electrons. The number of ketones is 1. The van der Waals surface area contributed by atoms with E-state index in [0.29, 0.717) is 30.0 Å². The van der Waals surface area contributed by atoms with Gasteiger partial charge in [0.1, 0.15) is 5.78 Å². The fraction of sp³-hybridized carbons (Fsp3) is 0.947. The predicted octanol–water partition coefficient (Wildman–Crippen LogP) is 2.93. The number of rotatable bonds is 0. The van der Waals surface area contributed by atoms with Crippen LogP contribution in [0.1, 0.15) is 65.2 Å². The molecule has 8 atom stereocenters. The lowest BCUT2D eigenvalue weighted by molar-refractivity contribution is -0.170. The van der Waals surface area contributed by atoms with Crippen molar-refractivity contribution in [2.75, 3.05) is 0 Å². The maximum absolute atomic E-state index is 12.1. The molecule has 0 aromatic heterocycles. The minimum atomic E-state index is -0.242. The normalized spacial score (nSPS) is 57.9. The zero-order valence-corrected chi connectivity index (χ0v) is 13.9. The highest BCUT2D eigenvalue weighted by Gasteiger charge is 2.61. The van der Waals surface area contributed by atoms with Gasteiger partial charge in [0.05, 0.1) is 12.2 Å². The minimum Gasteiger partial charge on any atom is -0.393 e. The first-order chi connectivity index (χ1) is 10.3. The summed E-state index contributed by atoms with van der Waals surface area (Å²) in [6.45, 7) is 4.64. The highest BCUT2D eigenvalue weighted by atomic mass is 16.3. The van der Waals surface area contributed by atoms with Crippen molar-refractivity contribution in [1.82, 2.24) is 0 Å². The van der Waals surface area contributed by atoms with Gasteiger partial charge < -0.3 is 10.2 Å². The summed E-state index contributed by atoms with van der Waals surface area (Å²) in [5.41, 5.74) is 0.282. The van der Waals surface area contributed by atoms with Gasteiger partial charge in [-0.15, -0.1) is 0 Å². The van der Waals surface area contributed by atoms with E-state index in [1.54, 1.807) is 0 Å². The largest absolute Gasteiger partial charge is 0.393 e. The van der Waals surface area contributed by atoms with Gasteiger partial charge in [-0.3, -0.25) is 4.79 Å². The van der Waals surface area contributed by atoms with Crippen LogP contribution in [-0.2, 0) is 4.79 Å². The van der Waals surface area contributed by atoms with Crippen molar-refractivity contribution in [1.29, 1.82) is 0 Å². The Labute approximate surface area is 133 Å². The molecule has 4 saturated carbocycles. The predicted molar refractivity (Wildman–Crippen MR) is 84.1 cm³/mol. The molecular weight excluding hydrogens is 276 g/mol. The molecule has 0 aromatic carbocycles. The molecule has 4 rings (SSSR count). The Balaban J connectivity index is 1.70. The third-order valence-corrected chi connectivity index (χ3v) is 8.17.